The molecule has 0 amide bonds. The standard InChI is InChI=1S/C39H75/c1-3-5-7-9-11-13-15-17-19-21-23-25-27-29-31-33-35-37-39-38-36-34-32-30-28-26-24-22-20-18-16-14-12-10-8-6-4-2/h1,3,5,7H,4,6,8-39H2,2H3/b3-1?,7-5+. The molecule has 0 heteroatoms. The van der Waals surface area contributed by atoms with Gasteiger partial charge in [0.15, 0.2) is 0 Å². The lowest BCUT2D eigenvalue weighted by atomic mass is 10.0. The van der Waals surface area contributed by atoms with Crippen molar-refractivity contribution in [1.82, 2.24) is 0 Å². The summed E-state index contributed by atoms with van der Waals surface area (Å²) in [6, 6.07) is 0. The van der Waals surface area contributed by atoms with E-state index in [9.17, 15) is 0 Å². The molecule has 0 aromatic heterocycles. The van der Waals surface area contributed by atoms with Gasteiger partial charge in [0.2, 0.25) is 0 Å². The molecule has 0 rings (SSSR count). The molecule has 0 spiro atoms. The van der Waals surface area contributed by atoms with E-state index in [-0.39, 0.29) is 0 Å². The molecule has 0 nitrogen and oxygen atoms in total. The molecular weight excluding hydrogens is 468 g/mol. The number of hydrogen-bond donors (Lipinski definition) is 0. The number of rotatable bonds is 35. The van der Waals surface area contributed by atoms with Gasteiger partial charge in [-0.25, -0.2) is 0 Å². The third-order valence-electron chi connectivity index (χ3n) is 8.72. The third-order valence-corrected chi connectivity index (χ3v) is 8.72. The van der Waals surface area contributed by atoms with E-state index >= 15 is 0 Å². The number of hydrogen-bond acceptors (Lipinski definition) is 0. The molecule has 0 atom stereocenters. The fraction of sp³-hybridized carbons (Fsp3) is 0.897. The monoisotopic (exact) mass is 544 g/mol. The highest BCUT2D eigenvalue weighted by Crippen LogP contribution is 2.17. The summed E-state index contributed by atoms with van der Waals surface area (Å²) in [7, 11) is 0. The Kier molecular flexibility index (Phi) is 37.0. The van der Waals surface area contributed by atoms with Crippen molar-refractivity contribution < 1.29 is 0 Å². The Hall–Kier alpha value is -0.520. The van der Waals surface area contributed by atoms with Crippen LogP contribution in [-0.4, -0.2) is 0 Å². The quantitative estimate of drug-likeness (QED) is 0.0550. The van der Waals surface area contributed by atoms with Crippen LogP contribution in [0.3, 0.4) is 0 Å². The van der Waals surface area contributed by atoms with Crippen LogP contribution < -0.4 is 0 Å². The molecule has 0 aromatic rings. The molecular formula is C39H75. The first kappa shape index (κ1) is 38.5. The van der Waals surface area contributed by atoms with E-state index in [4.69, 9.17) is 6.58 Å². The highest BCUT2D eigenvalue weighted by molar-refractivity contribution is 4.95. The molecule has 0 aliphatic heterocycles. The smallest absolute Gasteiger partial charge is 0.0348 e. The Labute approximate surface area is 249 Å². The maximum atomic E-state index is 5.34. The summed E-state index contributed by atoms with van der Waals surface area (Å²) in [4.78, 5) is 0. The predicted octanol–water partition coefficient (Wildman–Crippen LogP) is 14.8. The molecule has 0 saturated heterocycles. The van der Waals surface area contributed by atoms with Crippen molar-refractivity contribution in [3.8, 4) is 0 Å². The molecule has 0 N–H and O–H groups in total. The maximum Gasteiger partial charge on any atom is -0.0348 e. The van der Waals surface area contributed by atoms with E-state index in [2.05, 4.69) is 13.0 Å². The second-order valence-corrected chi connectivity index (χ2v) is 12.7. The average Bonchev–Trinajstić information content (AvgIpc) is 2.95. The van der Waals surface area contributed by atoms with Crippen LogP contribution in [0.1, 0.15) is 225 Å². The zero-order chi connectivity index (χ0) is 28.2. The van der Waals surface area contributed by atoms with Crippen molar-refractivity contribution in [2.75, 3.05) is 0 Å². The summed E-state index contributed by atoms with van der Waals surface area (Å²) in [5, 5.41) is 0. The Morgan fingerprint density at radius 3 is 0.718 bits per heavy atom. The second kappa shape index (κ2) is 37.5. The van der Waals surface area contributed by atoms with Gasteiger partial charge in [-0.1, -0.05) is 237 Å². The van der Waals surface area contributed by atoms with E-state index in [1.807, 2.05) is 6.08 Å². The first-order chi connectivity index (χ1) is 19.4. The first-order valence-electron chi connectivity index (χ1n) is 18.6. The van der Waals surface area contributed by atoms with Gasteiger partial charge in [-0.3, -0.25) is 0 Å². The SMILES string of the molecule is [CH]=C/C=C/CCCCCCCCCCCCCCCCCCCCCCCCCCCCCCCCCCC. The van der Waals surface area contributed by atoms with Gasteiger partial charge in [0.1, 0.15) is 0 Å². The maximum absolute atomic E-state index is 5.34. The highest BCUT2D eigenvalue weighted by Gasteiger charge is 1.97. The molecule has 0 fully saturated rings. The molecule has 231 valence electrons. The highest BCUT2D eigenvalue weighted by atomic mass is 14.0. The van der Waals surface area contributed by atoms with E-state index in [0.29, 0.717) is 0 Å². The molecule has 0 aromatic carbocycles. The Balaban J connectivity index is 3.03. The molecule has 39 heavy (non-hydrogen) atoms. The van der Waals surface area contributed by atoms with E-state index in [1.165, 1.54) is 218 Å². The fourth-order valence-corrected chi connectivity index (χ4v) is 5.99. The molecule has 0 aliphatic carbocycles. The van der Waals surface area contributed by atoms with Crippen LogP contribution in [0.4, 0.5) is 0 Å². The van der Waals surface area contributed by atoms with Gasteiger partial charge in [0, 0.05) is 0 Å². The normalized spacial score (nSPS) is 11.6. The lowest BCUT2D eigenvalue weighted by Crippen LogP contribution is -1.85. The summed E-state index contributed by atoms with van der Waals surface area (Å²) in [6.45, 7) is 7.64. The van der Waals surface area contributed by atoms with E-state index < -0.39 is 0 Å². The molecule has 0 bridgehead atoms. The van der Waals surface area contributed by atoms with Crippen molar-refractivity contribution in [2.24, 2.45) is 0 Å². The molecule has 0 heterocycles. The molecule has 0 saturated carbocycles. The minimum Gasteiger partial charge on any atom is -0.0845 e. The lowest BCUT2D eigenvalue weighted by molar-refractivity contribution is 0.511. The molecule has 1 radical (unpaired) electrons. The summed E-state index contributed by atoms with van der Waals surface area (Å²) in [6.07, 6.45) is 55.4. The van der Waals surface area contributed by atoms with Crippen molar-refractivity contribution in [1.29, 1.82) is 0 Å². The Bertz CT molecular complexity index is 447. The van der Waals surface area contributed by atoms with Crippen LogP contribution in [-0.2, 0) is 0 Å². The van der Waals surface area contributed by atoms with E-state index in [0.717, 1.165) is 0 Å². The third kappa shape index (κ3) is 37.5. The lowest BCUT2D eigenvalue weighted by Gasteiger charge is -2.05. The fourth-order valence-electron chi connectivity index (χ4n) is 5.99. The molecule has 0 unspecified atom stereocenters. The van der Waals surface area contributed by atoms with Crippen LogP contribution in [0.25, 0.3) is 0 Å². The van der Waals surface area contributed by atoms with Crippen LogP contribution >= 0.6 is 0 Å². The summed E-state index contributed by atoms with van der Waals surface area (Å²) in [5.41, 5.74) is 0. The van der Waals surface area contributed by atoms with Crippen LogP contribution in [0.5, 0.6) is 0 Å². The second-order valence-electron chi connectivity index (χ2n) is 12.7. The average molecular weight is 544 g/mol. The van der Waals surface area contributed by atoms with Crippen LogP contribution in [0, 0.1) is 6.58 Å². The Morgan fingerprint density at radius 2 is 0.513 bits per heavy atom. The number of unbranched alkanes of at least 4 members (excludes halogenated alkanes) is 33. The van der Waals surface area contributed by atoms with Crippen molar-refractivity contribution in [3.63, 3.8) is 0 Å². The van der Waals surface area contributed by atoms with Crippen molar-refractivity contribution >= 4 is 0 Å². The molecule has 0 aliphatic rings. The van der Waals surface area contributed by atoms with Gasteiger partial charge < -0.3 is 0 Å². The van der Waals surface area contributed by atoms with Crippen LogP contribution in [0.2, 0.25) is 0 Å². The van der Waals surface area contributed by atoms with Crippen LogP contribution in [0.15, 0.2) is 18.2 Å². The summed E-state index contributed by atoms with van der Waals surface area (Å²) in [5.74, 6) is 0. The summed E-state index contributed by atoms with van der Waals surface area (Å²) < 4.78 is 0. The van der Waals surface area contributed by atoms with Gasteiger partial charge in [-0.2, -0.15) is 0 Å². The van der Waals surface area contributed by atoms with Gasteiger partial charge in [0.05, 0.1) is 0 Å². The Morgan fingerprint density at radius 1 is 0.308 bits per heavy atom. The topological polar surface area (TPSA) is 0 Å². The minimum absolute atomic E-state index is 1.19. The minimum atomic E-state index is 1.19. The van der Waals surface area contributed by atoms with Crippen molar-refractivity contribution in [3.05, 3.63) is 24.8 Å². The van der Waals surface area contributed by atoms with E-state index in [1.54, 1.807) is 6.08 Å². The van der Waals surface area contributed by atoms with Gasteiger partial charge in [0.25, 0.3) is 0 Å². The zero-order valence-corrected chi connectivity index (χ0v) is 27.4. The van der Waals surface area contributed by atoms with Crippen molar-refractivity contribution in [2.45, 2.75) is 225 Å². The zero-order valence-electron chi connectivity index (χ0n) is 27.4. The summed E-state index contributed by atoms with van der Waals surface area (Å²) >= 11 is 0. The first-order valence-corrected chi connectivity index (χ1v) is 18.6. The number of allylic oxidation sites excluding steroid dienone is 3. The van der Waals surface area contributed by atoms with Gasteiger partial charge in [-0.05, 0) is 12.8 Å². The predicted molar refractivity (Wildman–Crippen MR) is 181 cm³/mol. The van der Waals surface area contributed by atoms with Gasteiger partial charge in [-0.15, -0.1) is 0 Å². The largest absolute Gasteiger partial charge is 0.0845 e. The van der Waals surface area contributed by atoms with Gasteiger partial charge >= 0.3 is 0 Å².